The van der Waals surface area contributed by atoms with Crippen LogP contribution in [-0.4, -0.2) is 17.1 Å². The van der Waals surface area contributed by atoms with Crippen molar-refractivity contribution in [1.82, 2.24) is 10.4 Å². The van der Waals surface area contributed by atoms with Gasteiger partial charge in [0.1, 0.15) is 4.88 Å². The molecule has 6 heteroatoms. The highest BCUT2D eigenvalue weighted by Gasteiger charge is 2.12. The Morgan fingerprint density at radius 2 is 2.17 bits per heavy atom. The molecular formula is C12H12N4OS. The monoisotopic (exact) mass is 260 g/mol. The Labute approximate surface area is 108 Å². The van der Waals surface area contributed by atoms with Crippen molar-refractivity contribution in [2.24, 2.45) is 5.10 Å². The van der Waals surface area contributed by atoms with Crippen molar-refractivity contribution in [3.63, 3.8) is 0 Å². The Morgan fingerprint density at radius 3 is 2.78 bits per heavy atom. The van der Waals surface area contributed by atoms with Crippen molar-refractivity contribution in [1.29, 1.82) is 0 Å². The number of hydrogen-bond acceptors (Lipinski definition) is 5. The van der Waals surface area contributed by atoms with E-state index < -0.39 is 0 Å². The van der Waals surface area contributed by atoms with Gasteiger partial charge in [0, 0.05) is 0 Å². The van der Waals surface area contributed by atoms with E-state index in [0.29, 0.717) is 15.7 Å². The highest BCUT2D eigenvalue weighted by molar-refractivity contribution is 7.17. The van der Waals surface area contributed by atoms with Gasteiger partial charge in [-0.3, -0.25) is 4.79 Å². The number of nitrogens with two attached hydrogens (primary N) is 1. The van der Waals surface area contributed by atoms with Gasteiger partial charge < -0.3 is 5.73 Å². The van der Waals surface area contributed by atoms with Gasteiger partial charge in [-0.2, -0.15) is 5.10 Å². The highest BCUT2D eigenvalue weighted by atomic mass is 32.1. The molecule has 1 heterocycles. The third kappa shape index (κ3) is 2.92. The summed E-state index contributed by atoms with van der Waals surface area (Å²) in [6.07, 6.45) is 1.58. The van der Waals surface area contributed by atoms with E-state index in [4.69, 9.17) is 5.73 Å². The molecule has 0 saturated heterocycles. The summed E-state index contributed by atoms with van der Waals surface area (Å²) in [7, 11) is 0. The number of rotatable bonds is 3. The van der Waals surface area contributed by atoms with Crippen LogP contribution in [0.1, 0.15) is 20.9 Å². The zero-order valence-electron chi connectivity index (χ0n) is 9.75. The highest BCUT2D eigenvalue weighted by Crippen LogP contribution is 2.19. The zero-order chi connectivity index (χ0) is 13.0. The number of amides is 1. The van der Waals surface area contributed by atoms with Crippen LogP contribution in [-0.2, 0) is 0 Å². The second-order valence-electron chi connectivity index (χ2n) is 3.58. The lowest BCUT2D eigenvalue weighted by molar-refractivity contribution is 0.0958. The summed E-state index contributed by atoms with van der Waals surface area (Å²) in [6.45, 7) is 1.74. The lowest BCUT2D eigenvalue weighted by Gasteiger charge is -1.96. The third-order valence-electron chi connectivity index (χ3n) is 2.20. The van der Waals surface area contributed by atoms with Gasteiger partial charge in [0.15, 0.2) is 5.13 Å². The molecule has 0 aliphatic rings. The number of anilines is 1. The average Bonchev–Trinajstić information content (AvgIpc) is 2.70. The summed E-state index contributed by atoms with van der Waals surface area (Å²) in [6, 6.07) is 9.50. The lowest BCUT2D eigenvalue weighted by atomic mass is 10.2. The van der Waals surface area contributed by atoms with Crippen molar-refractivity contribution in [3.8, 4) is 0 Å². The first kappa shape index (κ1) is 12.3. The van der Waals surface area contributed by atoms with Crippen molar-refractivity contribution >= 4 is 28.6 Å². The first-order valence-electron chi connectivity index (χ1n) is 5.28. The van der Waals surface area contributed by atoms with Crippen LogP contribution in [0.25, 0.3) is 0 Å². The lowest BCUT2D eigenvalue weighted by Crippen LogP contribution is -2.17. The van der Waals surface area contributed by atoms with Crippen molar-refractivity contribution in [2.45, 2.75) is 6.92 Å². The van der Waals surface area contributed by atoms with Gasteiger partial charge in [0.25, 0.3) is 5.91 Å². The molecule has 0 bridgehead atoms. The third-order valence-corrected chi connectivity index (χ3v) is 3.18. The summed E-state index contributed by atoms with van der Waals surface area (Å²) < 4.78 is 0. The van der Waals surface area contributed by atoms with E-state index in [1.54, 1.807) is 13.1 Å². The molecule has 0 radical (unpaired) electrons. The molecule has 0 fully saturated rings. The zero-order valence-corrected chi connectivity index (χ0v) is 10.6. The molecule has 18 heavy (non-hydrogen) atoms. The summed E-state index contributed by atoms with van der Waals surface area (Å²) in [5, 5.41) is 4.26. The molecule has 1 aromatic carbocycles. The average molecular weight is 260 g/mol. The van der Waals surface area contributed by atoms with E-state index >= 15 is 0 Å². The predicted octanol–water partition coefficient (Wildman–Crippen LogP) is 1.80. The maximum atomic E-state index is 11.8. The van der Waals surface area contributed by atoms with E-state index in [2.05, 4.69) is 15.5 Å². The minimum Gasteiger partial charge on any atom is -0.375 e. The van der Waals surface area contributed by atoms with Gasteiger partial charge in [-0.1, -0.05) is 41.7 Å². The molecule has 3 N–H and O–H groups in total. The first-order valence-corrected chi connectivity index (χ1v) is 6.10. The van der Waals surface area contributed by atoms with Gasteiger partial charge >= 0.3 is 0 Å². The Kier molecular flexibility index (Phi) is 3.69. The molecule has 2 rings (SSSR count). The number of benzene rings is 1. The largest absolute Gasteiger partial charge is 0.375 e. The van der Waals surface area contributed by atoms with Crippen molar-refractivity contribution < 1.29 is 4.79 Å². The maximum absolute atomic E-state index is 11.8. The van der Waals surface area contributed by atoms with E-state index in [0.717, 1.165) is 16.9 Å². The predicted molar refractivity (Wildman–Crippen MR) is 72.8 cm³/mol. The molecule has 0 atom stereocenters. The summed E-state index contributed by atoms with van der Waals surface area (Å²) >= 11 is 1.15. The number of carbonyl (C=O) groups excluding carboxylic acids is 1. The normalized spacial score (nSPS) is 10.7. The Morgan fingerprint density at radius 1 is 1.44 bits per heavy atom. The molecule has 0 aliphatic carbocycles. The molecule has 1 amide bonds. The number of nitrogens with zero attached hydrogens (tertiary/aromatic N) is 2. The fourth-order valence-electron chi connectivity index (χ4n) is 1.38. The summed E-state index contributed by atoms with van der Waals surface area (Å²) in [5.74, 6) is -0.297. The Bertz CT molecular complexity index is 577. The van der Waals surface area contributed by atoms with Crippen LogP contribution in [0.15, 0.2) is 35.4 Å². The number of hydrazone groups is 1. The van der Waals surface area contributed by atoms with Gasteiger partial charge in [0.05, 0.1) is 11.9 Å². The van der Waals surface area contributed by atoms with E-state index in [9.17, 15) is 4.79 Å². The number of nitrogen functional groups attached to an aromatic ring is 1. The van der Waals surface area contributed by atoms with Crippen LogP contribution >= 0.6 is 11.3 Å². The fourth-order valence-corrected chi connectivity index (χ4v) is 2.11. The molecular weight excluding hydrogens is 248 g/mol. The number of aryl methyl sites for hydroxylation is 1. The molecule has 92 valence electrons. The van der Waals surface area contributed by atoms with Crippen molar-refractivity contribution in [3.05, 3.63) is 46.5 Å². The summed E-state index contributed by atoms with van der Waals surface area (Å²) in [5.41, 5.74) is 9.50. The Balaban J connectivity index is 2.01. The number of nitrogens with one attached hydrogen (secondary N) is 1. The molecule has 1 aromatic heterocycles. The molecule has 0 aliphatic heterocycles. The molecule has 0 unspecified atom stereocenters. The van der Waals surface area contributed by atoms with Crippen molar-refractivity contribution in [2.75, 3.05) is 5.73 Å². The van der Waals surface area contributed by atoms with E-state index in [1.165, 1.54) is 0 Å². The Hall–Kier alpha value is -2.21. The quantitative estimate of drug-likeness (QED) is 0.652. The molecule has 5 nitrogen and oxygen atoms in total. The van der Waals surface area contributed by atoms with Crippen LogP contribution in [0, 0.1) is 6.92 Å². The fraction of sp³-hybridized carbons (Fsp3) is 0.0833. The van der Waals surface area contributed by atoms with Gasteiger partial charge in [-0.05, 0) is 12.5 Å². The van der Waals surface area contributed by atoms with E-state index in [1.807, 2.05) is 30.3 Å². The van der Waals surface area contributed by atoms with Crippen LogP contribution < -0.4 is 11.2 Å². The van der Waals surface area contributed by atoms with Crippen LogP contribution in [0.2, 0.25) is 0 Å². The number of hydrogen-bond donors (Lipinski definition) is 2. The number of aromatic nitrogens is 1. The van der Waals surface area contributed by atoms with Crippen LogP contribution in [0.3, 0.4) is 0 Å². The smallest absolute Gasteiger partial charge is 0.283 e. The SMILES string of the molecule is Cc1nc(N)sc1C(=O)N/N=C\c1ccccc1. The standard InChI is InChI=1S/C12H12N4OS/c1-8-10(18-12(13)15-8)11(17)16-14-7-9-5-3-2-4-6-9/h2-7H,1H3,(H2,13,15)(H,16,17)/b14-7-. The number of carbonyl (C=O) groups is 1. The maximum Gasteiger partial charge on any atom is 0.283 e. The second kappa shape index (κ2) is 5.42. The number of thiazole rings is 1. The van der Waals surface area contributed by atoms with Gasteiger partial charge in [-0.15, -0.1) is 0 Å². The topological polar surface area (TPSA) is 80.4 Å². The molecule has 2 aromatic rings. The second-order valence-corrected chi connectivity index (χ2v) is 4.61. The molecule has 0 saturated carbocycles. The van der Waals surface area contributed by atoms with Crippen LogP contribution in [0.4, 0.5) is 5.13 Å². The first-order chi connectivity index (χ1) is 8.66. The molecule has 0 spiro atoms. The van der Waals surface area contributed by atoms with Gasteiger partial charge in [-0.25, -0.2) is 10.4 Å². The van der Waals surface area contributed by atoms with E-state index in [-0.39, 0.29) is 5.91 Å². The minimum absolute atomic E-state index is 0.297. The minimum atomic E-state index is -0.297. The summed E-state index contributed by atoms with van der Waals surface area (Å²) in [4.78, 5) is 16.2. The van der Waals surface area contributed by atoms with Gasteiger partial charge in [0.2, 0.25) is 0 Å². The van der Waals surface area contributed by atoms with Crippen LogP contribution in [0.5, 0.6) is 0 Å².